The van der Waals surface area contributed by atoms with E-state index in [4.69, 9.17) is 4.42 Å². The summed E-state index contributed by atoms with van der Waals surface area (Å²) < 4.78 is 5.47. The largest absolute Gasteiger partial charge is 0.451 e. The van der Waals surface area contributed by atoms with Crippen molar-refractivity contribution in [2.45, 2.75) is 32.6 Å². The third-order valence-corrected chi connectivity index (χ3v) is 4.04. The predicted molar refractivity (Wildman–Crippen MR) is 94.2 cm³/mol. The standard InChI is InChI=1S/C18H25N3O3/c1-4-6-13(7-5-10-21(2)3)18(23)20-17-14-11-19-9-8-15(14)24-16(17)12-22/h8-9,11-13H,4-7,10H2,1-3H3,(H,20,23)/t13-/m1/s1. The summed E-state index contributed by atoms with van der Waals surface area (Å²) in [6, 6.07) is 1.68. The molecule has 0 aliphatic carbocycles. The first kappa shape index (κ1) is 18.1. The highest BCUT2D eigenvalue weighted by Gasteiger charge is 2.22. The molecule has 130 valence electrons. The van der Waals surface area contributed by atoms with E-state index in [0.29, 0.717) is 22.9 Å². The molecule has 1 amide bonds. The van der Waals surface area contributed by atoms with Gasteiger partial charge in [0.05, 0.1) is 5.39 Å². The topological polar surface area (TPSA) is 75.4 Å². The number of nitrogens with zero attached hydrogens (tertiary/aromatic N) is 2. The zero-order valence-electron chi connectivity index (χ0n) is 14.5. The number of rotatable bonds is 9. The Morgan fingerprint density at radius 3 is 2.88 bits per heavy atom. The van der Waals surface area contributed by atoms with E-state index < -0.39 is 0 Å². The number of nitrogens with one attached hydrogen (secondary N) is 1. The summed E-state index contributed by atoms with van der Waals surface area (Å²) in [5.41, 5.74) is 0.967. The van der Waals surface area contributed by atoms with E-state index in [1.165, 1.54) is 0 Å². The van der Waals surface area contributed by atoms with Gasteiger partial charge in [-0.15, -0.1) is 0 Å². The Labute approximate surface area is 142 Å². The lowest BCUT2D eigenvalue weighted by Gasteiger charge is -2.17. The summed E-state index contributed by atoms with van der Waals surface area (Å²) in [7, 11) is 4.05. The van der Waals surface area contributed by atoms with Crippen LogP contribution >= 0.6 is 0 Å². The van der Waals surface area contributed by atoms with Crippen LogP contribution in [-0.4, -0.2) is 42.7 Å². The molecule has 0 fully saturated rings. The van der Waals surface area contributed by atoms with Gasteiger partial charge in [0.15, 0.2) is 12.0 Å². The van der Waals surface area contributed by atoms with Crippen LogP contribution in [0.5, 0.6) is 0 Å². The van der Waals surface area contributed by atoms with Crippen LogP contribution in [0.1, 0.15) is 43.2 Å². The van der Waals surface area contributed by atoms with Crippen molar-refractivity contribution < 1.29 is 14.0 Å². The molecule has 6 nitrogen and oxygen atoms in total. The third-order valence-electron chi connectivity index (χ3n) is 4.04. The SMILES string of the molecule is CCC[C@H](CCCN(C)C)C(=O)Nc1c(C=O)oc2ccncc12. The normalized spacial score (nSPS) is 12.5. The summed E-state index contributed by atoms with van der Waals surface area (Å²) in [6.45, 7) is 3.02. The molecule has 0 aromatic carbocycles. The van der Waals surface area contributed by atoms with Gasteiger partial charge < -0.3 is 14.6 Å². The number of aromatic nitrogens is 1. The second-order valence-electron chi connectivity index (χ2n) is 6.25. The number of anilines is 1. The lowest BCUT2D eigenvalue weighted by molar-refractivity contribution is -0.120. The van der Waals surface area contributed by atoms with Gasteiger partial charge in [0.1, 0.15) is 11.3 Å². The molecule has 1 N–H and O–H groups in total. The van der Waals surface area contributed by atoms with Gasteiger partial charge in [-0.1, -0.05) is 13.3 Å². The molecule has 0 saturated heterocycles. The Morgan fingerprint density at radius 1 is 1.42 bits per heavy atom. The number of carbonyl (C=O) groups excluding carboxylic acids is 2. The molecule has 1 atom stereocenters. The Hall–Kier alpha value is -2.21. The highest BCUT2D eigenvalue weighted by atomic mass is 16.3. The zero-order chi connectivity index (χ0) is 17.5. The van der Waals surface area contributed by atoms with Crippen molar-refractivity contribution in [2.75, 3.05) is 26.0 Å². The van der Waals surface area contributed by atoms with Crippen molar-refractivity contribution in [3.05, 3.63) is 24.2 Å². The summed E-state index contributed by atoms with van der Waals surface area (Å²) in [5, 5.41) is 3.54. The molecule has 24 heavy (non-hydrogen) atoms. The fourth-order valence-electron chi connectivity index (χ4n) is 2.81. The maximum absolute atomic E-state index is 12.7. The van der Waals surface area contributed by atoms with Gasteiger partial charge in [0.25, 0.3) is 0 Å². The second kappa shape index (κ2) is 8.59. The lowest BCUT2D eigenvalue weighted by Crippen LogP contribution is -2.24. The fourth-order valence-corrected chi connectivity index (χ4v) is 2.81. The van der Waals surface area contributed by atoms with Gasteiger partial charge in [0.2, 0.25) is 5.91 Å². The Bertz CT molecular complexity index is 694. The number of aldehydes is 1. The van der Waals surface area contributed by atoms with Crippen LogP contribution in [0.4, 0.5) is 5.69 Å². The molecular formula is C18H25N3O3. The molecule has 6 heteroatoms. The van der Waals surface area contributed by atoms with E-state index >= 15 is 0 Å². The lowest BCUT2D eigenvalue weighted by atomic mass is 9.96. The van der Waals surface area contributed by atoms with E-state index in [0.717, 1.165) is 32.2 Å². The molecule has 0 unspecified atom stereocenters. The molecule has 0 aliphatic rings. The number of hydrogen-bond acceptors (Lipinski definition) is 5. The number of fused-ring (bicyclic) bond motifs is 1. The van der Waals surface area contributed by atoms with Crippen LogP contribution in [-0.2, 0) is 4.79 Å². The second-order valence-corrected chi connectivity index (χ2v) is 6.25. The Kier molecular flexibility index (Phi) is 6.49. The first-order chi connectivity index (χ1) is 11.6. The average molecular weight is 331 g/mol. The highest BCUT2D eigenvalue weighted by Crippen LogP contribution is 2.30. The monoisotopic (exact) mass is 331 g/mol. The number of hydrogen-bond donors (Lipinski definition) is 1. The summed E-state index contributed by atoms with van der Waals surface area (Å²) >= 11 is 0. The van der Waals surface area contributed by atoms with Crippen molar-refractivity contribution in [3.8, 4) is 0 Å². The van der Waals surface area contributed by atoms with E-state index in [1.807, 2.05) is 14.1 Å². The Balaban J connectivity index is 2.15. The molecule has 0 bridgehead atoms. The van der Waals surface area contributed by atoms with Crippen molar-refractivity contribution in [1.29, 1.82) is 0 Å². The van der Waals surface area contributed by atoms with Crippen molar-refractivity contribution in [1.82, 2.24) is 9.88 Å². The molecule has 0 aliphatic heterocycles. The number of pyridine rings is 1. The first-order valence-corrected chi connectivity index (χ1v) is 8.34. The van der Waals surface area contributed by atoms with Gasteiger partial charge in [-0.2, -0.15) is 0 Å². The van der Waals surface area contributed by atoms with Crippen LogP contribution in [0.25, 0.3) is 11.0 Å². The minimum absolute atomic E-state index is 0.0646. The molecule has 2 heterocycles. The summed E-state index contributed by atoms with van der Waals surface area (Å²) in [5.74, 6) is -0.00350. The highest BCUT2D eigenvalue weighted by molar-refractivity contribution is 6.06. The van der Waals surface area contributed by atoms with Crippen LogP contribution in [0.3, 0.4) is 0 Å². The van der Waals surface area contributed by atoms with Crippen LogP contribution in [0, 0.1) is 5.92 Å². The predicted octanol–water partition coefficient (Wildman–Crippen LogP) is 3.34. The van der Waals surface area contributed by atoms with E-state index in [1.54, 1.807) is 18.5 Å². The number of furan rings is 1. The molecular weight excluding hydrogens is 306 g/mol. The molecule has 2 aromatic rings. The number of amides is 1. The van der Waals surface area contributed by atoms with Gasteiger partial charge in [-0.3, -0.25) is 14.6 Å². The smallest absolute Gasteiger partial charge is 0.227 e. The van der Waals surface area contributed by atoms with Gasteiger partial charge in [0, 0.05) is 18.3 Å². The minimum atomic E-state index is -0.0731. The van der Waals surface area contributed by atoms with E-state index in [9.17, 15) is 9.59 Å². The van der Waals surface area contributed by atoms with E-state index in [-0.39, 0.29) is 17.6 Å². The molecule has 2 aromatic heterocycles. The minimum Gasteiger partial charge on any atom is -0.451 e. The van der Waals surface area contributed by atoms with Gasteiger partial charge in [-0.25, -0.2) is 0 Å². The van der Waals surface area contributed by atoms with Crippen LogP contribution in [0.2, 0.25) is 0 Å². The van der Waals surface area contributed by atoms with Crippen LogP contribution < -0.4 is 5.32 Å². The van der Waals surface area contributed by atoms with Gasteiger partial charge in [-0.05, 0) is 46.0 Å². The maximum Gasteiger partial charge on any atom is 0.227 e. The Morgan fingerprint density at radius 2 is 2.21 bits per heavy atom. The molecule has 0 saturated carbocycles. The summed E-state index contributed by atoms with van der Waals surface area (Å²) in [6.07, 6.45) is 7.35. The fraction of sp³-hybridized carbons (Fsp3) is 0.500. The van der Waals surface area contributed by atoms with Gasteiger partial charge >= 0.3 is 0 Å². The van der Waals surface area contributed by atoms with Crippen molar-refractivity contribution >= 4 is 28.8 Å². The van der Waals surface area contributed by atoms with Crippen molar-refractivity contribution in [2.24, 2.45) is 5.92 Å². The molecule has 0 spiro atoms. The number of carbonyl (C=O) groups is 2. The van der Waals surface area contributed by atoms with Crippen molar-refractivity contribution in [3.63, 3.8) is 0 Å². The first-order valence-electron chi connectivity index (χ1n) is 8.34. The average Bonchev–Trinajstić information content (AvgIpc) is 2.91. The zero-order valence-corrected chi connectivity index (χ0v) is 14.5. The summed E-state index contributed by atoms with van der Waals surface area (Å²) in [4.78, 5) is 30.1. The third kappa shape index (κ3) is 4.41. The maximum atomic E-state index is 12.7. The van der Waals surface area contributed by atoms with E-state index in [2.05, 4.69) is 22.1 Å². The molecule has 0 radical (unpaired) electrons. The molecule has 2 rings (SSSR count). The van der Waals surface area contributed by atoms with Crippen LogP contribution in [0.15, 0.2) is 22.9 Å². The quantitative estimate of drug-likeness (QED) is 0.713.